The molecule has 0 aromatic heterocycles. The maximum atomic E-state index is 11.8. The number of aromatic hydroxyl groups is 1. The molecule has 1 aromatic carbocycles. The maximum Gasteiger partial charge on any atom is 0.251 e. The van der Waals surface area contributed by atoms with E-state index in [-0.39, 0.29) is 17.9 Å². The van der Waals surface area contributed by atoms with Crippen LogP contribution < -0.4 is 5.32 Å². The van der Waals surface area contributed by atoms with E-state index in [1.807, 2.05) is 0 Å². The van der Waals surface area contributed by atoms with Gasteiger partial charge in [-0.15, -0.1) is 0 Å². The van der Waals surface area contributed by atoms with E-state index in [1.165, 1.54) is 12.1 Å². The second-order valence-electron chi connectivity index (χ2n) is 4.88. The summed E-state index contributed by atoms with van der Waals surface area (Å²) >= 11 is 3.11. The lowest BCUT2D eigenvalue weighted by atomic mass is 10.1. The number of sulfone groups is 1. The van der Waals surface area contributed by atoms with Crippen LogP contribution in [0.1, 0.15) is 24.2 Å². The summed E-state index contributed by atoms with van der Waals surface area (Å²) in [5.74, 6) is -0.477. The number of nitrogens with one attached hydrogen (secondary N) is 1. The van der Waals surface area contributed by atoms with E-state index in [9.17, 15) is 18.3 Å². The minimum atomic E-state index is -3.27. The molecule has 0 saturated heterocycles. The number of carbonyl (C=O) groups excluding carboxylic acids is 1. The normalized spacial score (nSPS) is 12.2. The Labute approximate surface area is 121 Å². The van der Waals surface area contributed by atoms with Gasteiger partial charge in [0, 0.05) is 18.4 Å². The summed E-state index contributed by atoms with van der Waals surface area (Å²) in [5, 5.41) is 12.0. The van der Waals surface area contributed by atoms with Crippen LogP contribution in [0.4, 0.5) is 0 Å². The molecule has 0 radical (unpaired) electrons. The Balaban J connectivity index is 2.79. The first-order valence-electron chi connectivity index (χ1n) is 5.51. The number of phenols is 1. The second-order valence-corrected chi connectivity index (χ2v) is 8.38. The molecule has 0 saturated carbocycles. The summed E-state index contributed by atoms with van der Waals surface area (Å²) in [6, 6.07) is 4.39. The number of hydrogen-bond donors (Lipinski definition) is 2. The fraction of sp³-hybridized carbons (Fsp3) is 0.417. The molecular formula is C12H16BrNO4S. The quantitative estimate of drug-likeness (QED) is 0.866. The van der Waals surface area contributed by atoms with Gasteiger partial charge in [-0.2, -0.15) is 0 Å². The van der Waals surface area contributed by atoms with Crippen LogP contribution in [0.2, 0.25) is 0 Å². The molecular weight excluding hydrogens is 334 g/mol. The minimum absolute atomic E-state index is 0.00148. The highest BCUT2D eigenvalue weighted by Crippen LogP contribution is 2.24. The molecule has 5 nitrogen and oxygen atoms in total. The zero-order valence-electron chi connectivity index (χ0n) is 10.9. The minimum Gasteiger partial charge on any atom is -0.507 e. The molecule has 0 spiro atoms. The molecule has 0 bridgehead atoms. The highest BCUT2D eigenvalue weighted by atomic mass is 79.9. The van der Waals surface area contributed by atoms with Gasteiger partial charge in [0.25, 0.3) is 5.91 Å². The van der Waals surface area contributed by atoms with Crippen LogP contribution in [-0.2, 0) is 9.84 Å². The number of rotatable bonds is 4. The van der Waals surface area contributed by atoms with E-state index in [4.69, 9.17) is 0 Å². The molecule has 2 N–H and O–H groups in total. The molecule has 19 heavy (non-hydrogen) atoms. The Hall–Kier alpha value is -1.08. The zero-order valence-corrected chi connectivity index (χ0v) is 13.3. The van der Waals surface area contributed by atoms with Gasteiger partial charge in [0.05, 0.1) is 9.22 Å². The first-order valence-corrected chi connectivity index (χ1v) is 8.19. The van der Waals surface area contributed by atoms with Crippen LogP contribution >= 0.6 is 15.9 Å². The summed E-state index contributed by atoms with van der Waals surface area (Å²) < 4.78 is 22.5. The molecule has 0 heterocycles. The third kappa shape index (κ3) is 3.94. The van der Waals surface area contributed by atoms with E-state index < -0.39 is 20.5 Å². The van der Waals surface area contributed by atoms with Crippen LogP contribution in [0, 0.1) is 0 Å². The van der Waals surface area contributed by atoms with Gasteiger partial charge in [-0.05, 0) is 48.0 Å². The molecule has 1 aromatic rings. The topological polar surface area (TPSA) is 83.5 Å². The molecule has 0 atom stereocenters. The molecule has 0 aliphatic carbocycles. The van der Waals surface area contributed by atoms with Crippen molar-refractivity contribution in [2.75, 3.05) is 12.8 Å². The molecule has 1 rings (SSSR count). The van der Waals surface area contributed by atoms with Gasteiger partial charge in [-0.25, -0.2) is 8.42 Å². The Bertz CT molecular complexity index is 596. The molecule has 0 fully saturated rings. The maximum absolute atomic E-state index is 11.8. The predicted octanol–water partition coefficient (Wildman–Crippen LogP) is 1.71. The molecule has 7 heteroatoms. The smallest absolute Gasteiger partial charge is 0.251 e. The highest BCUT2D eigenvalue weighted by Gasteiger charge is 2.30. The molecule has 0 aliphatic rings. The van der Waals surface area contributed by atoms with Crippen LogP contribution in [0.3, 0.4) is 0 Å². The fourth-order valence-electron chi connectivity index (χ4n) is 1.18. The molecule has 0 unspecified atom stereocenters. The van der Waals surface area contributed by atoms with Gasteiger partial charge in [-0.1, -0.05) is 0 Å². The summed E-state index contributed by atoms with van der Waals surface area (Å²) in [4.78, 5) is 11.8. The van der Waals surface area contributed by atoms with E-state index in [0.29, 0.717) is 4.47 Å². The van der Waals surface area contributed by atoms with Crippen molar-refractivity contribution in [3.8, 4) is 5.75 Å². The zero-order chi connectivity index (χ0) is 14.8. The van der Waals surface area contributed by atoms with Gasteiger partial charge in [-0.3, -0.25) is 4.79 Å². The second kappa shape index (κ2) is 5.50. The molecule has 0 aliphatic heterocycles. The fourth-order valence-corrected chi connectivity index (χ4v) is 1.76. The van der Waals surface area contributed by atoms with Crippen molar-refractivity contribution < 1.29 is 18.3 Å². The van der Waals surface area contributed by atoms with Crippen molar-refractivity contribution in [3.63, 3.8) is 0 Å². The van der Waals surface area contributed by atoms with Gasteiger partial charge in [0.15, 0.2) is 9.84 Å². The van der Waals surface area contributed by atoms with Crippen molar-refractivity contribution in [2.45, 2.75) is 18.6 Å². The Morgan fingerprint density at radius 3 is 2.47 bits per heavy atom. The SMILES string of the molecule is CC(C)(CNC(=O)c1ccc(Br)c(O)c1)S(C)(=O)=O. The third-order valence-corrected chi connectivity index (χ3v) is 5.71. The van der Waals surface area contributed by atoms with Crippen molar-refractivity contribution in [1.29, 1.82) is 0 Å². The lowest BCUT2D eigenvalue weighted by Gasteiger charge is -2.22. The Kier molecular flexibility index (Phi) is 4.63. The average Bonchev–Trinajstić information content (AvgIpc) is 2.28. The lowest BCUT2D eigenvalue weighted by Crippen LogP contribution is -2.43. The highest BCUT2D eigenvalue weighted by molar-refractivity contribution is 9.10. The largest absolute Gasteiger partial charge is 0.507 e. The summed E-state index contributed by atoms with van der Waals surface area (Å²) in [6.07, 6.45) is 1.13. The number of phenolic OH excluding ortho intramolecular Hbond substituents is 1. The first kappa shape index (κ1) is 16.0. The Morgan fingerprint density at radius 1 is 1.42 bits per heavy atom. The predicted molar refractivity (Wildman–Crippen MR) is 77.1 cm³/mol. The third-order valence-electron chi connectivity index (χ3n) is 2.89. The van der Waals surface area contributed by atoms with Gasteiger partial charge >= 0.3 is 0 Å². The molecule has 106 valence electrons. The number of halogens is 1. The summed E-state index contributed by atoms with van der Waals surface area (Å²) in [6.45, 7) is 3.09. The number of hydrogen-bond acceptors (Lipinski definition) is 4. The average molecular weight is 350 g/mol. The van der Waals surface area contributed by atoms with Crippen LogP contribution in [0.15, 0.2) is 22.7 Å². The lowest BCUT2D eigenvalue weighted by molar-refractivity contribution is 0.0950. The standard InChI is InChI=1S/C12H16BrNO4S/c1-12(2,19(3,17)18)7-14-11(16)8-4-5-9(13)10(15)6-8/h4-6,15H,7H2,1-3H3,(H,14,16). The first-order chi connectivity index (χ1) is 8.54. The van der Waals surface area contributed by atoms with Crippen molar-refractivity contribution >= 4 is 31.7 Å². The number of benzene rings is 1. The van der Waals surface area contributed by atoms with Gasteiger partial charge < -0.3 is 10.4 Å². The summed E-state index contributed by atoms with van der Waals surface area (Å²) in [5.41, 5.74) is 0.269. The Morgan fingerprint density at radius 2 is 2.00 bits per heavy atom. The summed E-state index contributed by atoms with van der Waals surface area (Å²) in [7, 11) is -3.27. The number of amides is 1. The van der Waals surface area contributed by atoms with Crippen LogP contribution in [0.5, 0.6) is 5.75 Å². The number of carbonyl (C=O) groups is 1. The van der Waals surface area contributed by atoms with E-state index >= 15 is 0 Å². The van der Waals surface area contributed by atoms with Gasteiger partial charge in [0.1, 0.15) is 5.75 Å². The van der Waals surface area contributed by atoms with Crippen molar-refractivity contribution in [3.05, 3.63) is 28.2 Å². The molecule has 1 amide bonds. The van der Waals surface area contributed by atoms with Gasteiger partial charge in [0.2, 0.25) is 0 Å². The van der Waals surface area contributed by atoms with Crippen molar-refractivity contribution in [1.82, 2.24) is 5.32 Å². The van der Waals surface area contributed by atoms with E-state index in [1.54, 1.807) is 19.9 Å². The van der Waals surface area contributed by atoms with E-state index in [0.717, 1.165) is 6.26 Å². The monoisotopic (exact) mass is 349 g/mol. The van der Waals surface area contributed by atoms with Crippen molar-refractivity contribution in [2.24, 2.45) is 0 Å². The van der Waals surface area contributed by atoms with E-state index in [2.05, 4.69) is 21.2 Å². The van der Waals surface area contributed by atoms with Crippen LogP contribution in [0.25, 0.3) is 0 Å². The van der Waals surface area contributed by atoms with Crippen LogP contribution in [-0.4, -0.2) is 37.0 Å².